The Balaban J connectivity index is 2.12. The number of aliphatic carboxylic acids is 1. The number of aryl methyl sites for hydroxylation is 1. The van der Waals surface area contributed by atoms with Gasteiger partial charge < -0.3 is 10.4 Å². The average Bonchev–Trinajstić information content (AvgIpc) is 2.96. The molecule has 0 bridgehead atoms. The van der Waals surface area contributed by atoms with Crippen LogP contribution in [-0.2, 0) is 11.2 Å². The van der Waals surface area contributed by atoms with E-state index in [1.807, 2.05) is 29.8 Å². The van der Waals surface area contributed by atoms with Crippen LogP contribution in [0.15, 0.2) is 30.5 Å². The molecule has 0 aliphatic carbocycles. The summed E-state index contributed by atoms with van der Waals surface area (Å²) in [6.07, 6.45) is 4.04. The van der Waals surface area contributed by atoms with Crippen LogP contribution >= 0.6 is 0 Å². The van der Waals surface area contributed by atoms with Gasteiger partial charge in [-0.05, 0) is 43.9 Å². The molecule has 1 heterocycles. The predicted octanol–water partition coefficient (Wildman–Crippen LogP) is 3.82. The SMILES string of the molecule is CCC(CC)n1ncc(C(=O)Nc2cccc(CCC(=O)O)c2)c1C. The van der Waals surface area contributed by atoms with Gasteiger partial charge in [-0.3, -0.25) is 14.3 Å². The van der Waals surface area contributed by atoms with E-state index in [0.29, 0.717) is 23.7 Å². The van der Waals surface area contributed by atoms with Gasteiger partial charge in [0.25, 0.3) is 5.91 Å². The molecule has 0 atom stereocenters. The molecule has 0 aliphatic heterocycles. The summed E-state index contributed by atoms with van der Waals surface area (Å²) in [6.45, 7) is 6.12. The van der Waals surface area contributed by atoms with Crippen molar-refractivity contribution in [3.63, 3.8) is 0 Å². The monoisotopic (exact) mass is 343 g/mol. The van der Waals surface area contributed by atoms with Crippen LogP contribution in [0.1, 0.15) is 60.8 Å². The Morgan fingerprint density at radius 1 is 1.28 bits per heavy atom. The van der Waals surface area contributed by atoms with Crippen LogP contribution in [0.5, 0.6) is 0 Å². The summed E-state index contributed by atoms with van der Waals surface area (Å²) >= 11 is 0. The van der Waals surface area contributed by atoms with E-state index in [1.165, 1.54) is 0 Å². The Kier molecular flexibility index (Phi) is 6.33. The lowest BCUT2D eigenvalue weighted by Gasteiger charge is -2.15. The highest BCUT2D eigenvalue weighted by molar-refractivity contribution is 6.04. The molecule has 0 saturated heterocycles. The third-order valence-corrected chi connectivity index (χ3v) is 4.39. The maximum Gasteiger partial charge on any atom is 0.303 e. The molecule has 25 heavy (non-hydrogen) atoms. The molecule has 0 spiro atoms. The minimum atomic E-state index is -0.834. The van der Waals surface area contributed by atoms with Crippen molar-refractivity contribution in [1.82, 2.24) is 9.78 Å². The maximum atomic E-state index is 12.6. The number of hydrogen-bond acceptors (Lipinski definition) is 3. The Bertz CT molecular complexity index is 748. The molecule has 1 aromatic carbocycles. The third-order valence-electron chi connectivity index (χ3n) is 4.39. The zero-order valence-corrected chi connectivity index (χ0v) is 15.0. The lowest BCUT2D eigenvalue weighted by atomic mass is 10.1. The fourth-order valence-electron chi connectivity index (χ4n) is 2.90. The van der Waals surface area contributed by atoms with Gasteiger partial charge in [-0.1, -0.05) is 26.0 Å². The molecule has 2 N–H and O–H groups in total. The van der Waals surface area contributed by atoms with E-state index in [0.717, 1.165) is 24.1 Å². The molecule has 0 saturated carbocycles. The summed E-state index contributed by atoms with van der Waals surface area (Å²) < 4.78 is 1.91. The Morgan fingerprint density at radius 3 is 2.64 bits per heavy atom. The van der Waals surface area contributed by atoms with Gasteiger partial charge in [-0.2, -0.15) is 5.10 Å². The number of hydrogen-bond donors (Lipinski definition) is 2. The minimum Gasteiger partial charge on any atom is -0.481 e. The van der Waals surface area contributed by atoms with Crippen molar-refractivity contribution in [3.8, 4) is 0 Å². The summed E-state index contributed by atoms with van der Waals surface area (Å²) in [4.78, 5) is 23.3. The number of nitrogens with one attached hydrogen (secondary N) is 1. The van der Waals surface area contributed by atoms with Crippen molar-refractivity contribution in [2.24, 2.45) is 0 Å². The van der Waals surface area contributed by atoms with E-state index < -0.39 is 5.97 Å². The molecule has 0 aliphatic rings. The molecule has 0 fully saturated rings. The average molecular weight is 343 g/mol. The topological polar surface area (TPSA) is 84.2 Å². The van der Waals surface area contributed by atoms with Crippen LogP contribution < -0.4 is 5.32 Å². The van der Waals surface area contributed by atoms with Crippen molar-refractivity contribution in [2.75, 3.05) is 5.32 Å². The van der Waals surface area contributed by atoms with Crippen LogP contribution in [-0.4, -0.2) is 26.8 Å². The van der Waals surface area contributed by atoms with Gasteiger partial charge in [0, 0.05) is 17.8 Å². The summed E-state index contributed by atoms with van der Waals surface area (Å²) in [6, 6.07) is 7.56. The van der Waals surface area contributed by atoms with Crippen molar-refractivity contribution in [3.05, 3.63) is 47.3 Å². The number of carbonyl (C=O) groups is 2. The molecule has 0 unspecified atom stereocenters. The van der Waals surface area contributed by atoms with Gasteiger partial charge in [0.2, 0.25) is 0 Å². The van der Waals surface area contributed by atoms with Gasteiger partial charge in [-0.25, -0.2) is 0 Å². The van der Waals surface area contributed by atoms with Crippen LogP contribution in [0.25, 0.3) is 0 Å². The van der Waals surface area contributed by atoms with Crippen molar-refractivity contribution < 1.29 is 14.7 Å². The molecule has 1 amide bonds. The molecular formula is C19H25N3O3. The van der Waals surface area contributed by atoms with Crippen molar-refractivity contribution >= 4 is 17.6 Å². The van der Waals surface area contributed by atoms with E-state index in [2.05, 4.69) is 24.3 Å². The Morgan fingerprint density at radius 2 is 2.00 bits per heavy atom. The second-order valence-electron chi connectivity index (χ2n) is 6.11. The quantitative estimate of drug-likeness (QED) is 0.763. The first-order valence-electron chi connectivity index (χ1n) is 8.62. The fraction of sp³-hybridized carbons (Fsp3) is 0.421. The lowest BCUT2D eigenvalue weighted by molar-refractivity contribution is -0.136. The predicted molar refractivity (Wildman–Crippen MR) is 96.9 cm³/mol. The standard InChI is InChI=1S/C19H25N3O3/c1-4-16(5-2)22-13(3)17(12-20-22)19(25)21-15-8-6-7-14(11-15)9-10-18(23)24/h6-8,11-12,16H,4-5,9-10H2,1-3H3,(H,21,25)(H,23,24). The molecule has 0 radical (unpaired) electrons. The Hall–Kier alpha value is -2.63. The van der Waals surface area contributed by atoms with Crippen LogP contribution in [0.3, 0.4) is 0 Å². The summed E-state index contributed by atoms with van der Waals surface area (Å²) in [5.41, 5.74) is 2.95. The Labute approximate surface area is 147 Å². The molecule has 134 valence electrons. The number of amides is 1. The smallest absolute Gasteiger partial charge is 0.303 e. The number of nitrogens with zero attached hydrogens (tertiary/aromatic N) is 2. The molecule has 6 heteroatoms. The van der Waals surface area contributed by atoms with Gasteiger partial charge in [-0.15, -0.1) is 0 Å². The molecule has 1 aromatic heterocycles. The number of benzene rings is 1. The van der Waals surface area contributed by atoms with Crippen LogP contribution in [0.4, 0.5) is 5.69 Å². The highest BCUT2D eigenvalue weighted by atomic mass is 16.4. The first-order valence-corrected chi connectivity index (χ1v) is 8.62. The first-order chi connectivity index (χ1) is 12.0. The number of carboxylic acids is 1. The first kappa shape index (κ1) is 18.7. The number of anilines is 1. The fourth-order valence-corrected chi connectivity index (χ4v) is 2.90. The van der Waals surface area contributed by atoms with Crippen LogP contribution in [0, 0.1) is 6.92 Å². The largest absolute Gasteiger partial charge is 0.481 e. The normalized spacial score (nSPS) is 10.9. The summed E-state index contributed by atoms with van der Waals surface area (Å²) in [5.74, 6) is -1.04. The number of rotatable bonds is 8. The van der Waals surface area contributed by atoms with E-state index in [1.54, 1.807) is 12.3 Å². The zero-order valence-electron chi connectivity index (χ0n) is 15.0. The van der Waals surface area contributed by atoms with Crippen molar-refractivity contribution in [2.45, 2.75) is 52.5 Å². The van der Waals surface area contributed by atoms with Gasteiger partial charge in [0.15, 0.2) is 0 Å². The molecule has 6 nitrogen and oxygen atoms in total. The van der Waals surface area contributed by atoms with Gasteiger partial charge >= 0.3 is 5.97 Å². The highest BCUT2D eigenvalue weighted by Gasteiger charge is 2.18. The second kappa shape index (κ2) is 8.46. The van der Waals surface area contributed by atoms with E-state index >= 15 is 0 Å². The van der Waals surface area contributed by atoms with Crippen molar-refractivity contribution in [1.29, 1.82) is 0 Å². The zero-order chi connectivity index (χ0) is 18.4. The van der Waals surface area contributed by atoms with Crippen LogP contribution in [0.2, 0.25) is 0 Å². The third kappa shape index (κ3) is 4.68. The summed E-state index contributed by atoms with van der Waals surface area (Å²) in [7, 11) is 0. The molecular weight excluding hydrogens is 318 g/mol. The van der Waals surface area contributed by atoms with E-state index in [4.69, 9.17) is 5.11 Å². The van der Waals surface area contributed by atoms with Gasteiger partial charge in [0.1, 0.15) is 0 Å². The number of carbonyl (C=O) groups excluding carboxylic acids is 1. The second-order valence-corrected chi connectivity index (χ2v) is 6.11. The maximum absolute atomic E-state index is 12.6. The summed E-state index contributed by atoms with van der Waals surface area (Å²) in [5, 5.41) is 16.0. The lowest BCUT2D eigenvalue weighted by Crippen LogP contribution is -2.15. The number of carboxylic acid groups (broad SMARTS) is 1. The van der Waals surface area contributed by atoms with E-state index in [9.17, 15) is 9.59 Å². The number of aromatic nitrogens is 2. The van der Waals surface area contributed by atoms with Gasteiger partial charge in [0.05, 0.1) is 17.8 Å². The highest BCUT2D eigenvalue weighted by Crippen LogP contribution is 2.20. The van der Waals surface area contributed by atoms with E-state index in [-0.39, 0.29) is 12.3 Å². The molecule has 2 rings (SSSR count). The minimum absolute atomic E-state index is 0.0682. The molecule has 2 aromatic rings.